The number of anilines is 1. The molecule has 0 saturated carbocycles. The number of nitrogens with zero attached hydrogens (tertiary/aromatic N) is 4. The molecule has 0 bridgehead atoms. The van der Waals surface area contributed by atoms with Crippen molar-refractivity contribution in [2.24, 2.45) is 5.92 Å². The van der Waals surface area contributed by atoms with Gasteiger partial charge in [-0.15, -0.1) is 10.2 Å². The van der Waals surface area contributed by atoms with E-state index in [2.05, 4.69) is 70.8 Å². The van der Waals surface area contributed by atoms with Crippen LogP contribution >= 0.6 is 11.8 Å². The van der Waals surface area contributed by atoms with Crippen LogP contribution in [0, 0.1) is 5.92 Å². The van der Waals surface area contributed by atoms with E-state index < -0.39 is 0 Å². The minimum Gasteiger partial charge on any atom is -0.378 e. The van der Waals surface area contributed by atoms with Crippen molar-refractivity contribution >= 4 is 17.7 Å². The van der Waals surface area contributed by atoms with E-state index in [1.807, 2.05) is 0 Å². The van der Waals surface area contributed by atoms with E-state index in [1.165, 1.54) is 5.56 Å². The van der Waals surface area contributed by atoms with Gasteiger partial charge in [-0.3, -0.25) is 4.57 Å². The van der Waals surface area contributed by atoms with Crippen LogP contribution < -0.4 is 4.90 Å². The molecule has 0 aliphatic carbocycles. The maximum atomic E-state index is 5.47. The predicted molar refractivity (Wildman–Crippen MR) is 98.6 cm³/mol. The second-order valence-electron chi connectivity index (χ2n) is 6.56. The lowest BCUT2D eigenvalue weighted by Gasteiger charge is -2.28. The lowest BCUT2D eigenvalue weighted by Crippen LogP contribution is -2.38. The molecule has 1 aliphatic heterocycles. The zero-order valence-electron chi connectivity index (χ0n) is 14.7. The molecule has 24 heavy (non-hydrogen) atoms. The van der Waals surface area contributed by atoms with E-state index >= 15 is 0 Å². The normalized spacial score (nSPS) is 16.6. The molecule has 0 amide bonds. The second-order valence-corrected chi connectivity index (χ2v) is 7.87. The van der Waals surface area contributed by atoms with Gasteiger partial charge >= 0.3 is 0 Å². The number of aromatic nitrogens is 3. The van der Waals surface area contributed by atoms with Gasteiger partial charge in [0.25, 0.3) is 0 Å². The van der Waals surface area contributed by atoms with E-state index in [-0.39, 0.29) is 0 Å². The predicted octanol–water partition coefficient (Wildman–Crippen LogP) is 3.62. The van der Waals surface area contributed by atoms with Crippen LogP contribution in [0.2, 0.25) is 0 Å². The van der Waals surface area contributed by atoms with Crippen molar-refractivity contribution in [3.63, 3.8) is 0 Å². The number of benzene rings is 1. The Bertz CT molecular complexity index is 638. The Hall–Kier alpha value is -1.53. The fourth-order valence-corrected chi connectivity index (χ4v) is 3.82. The van der Waals surface area contributed by atoms with Gasteiger partial charge in [0.2, 0.25) is 5.95 Å². The van der Waals surface area contributed by atoms with Crippen molar-refractivity contribution in [2.45, 2.75) is 37.7 Å². The fourth-order valence-electron chi connectivity index (χ4n) is 2.84. The molecule has 0 radical (unpaired) electrons. The number of morpholine rings is 1. The van der Waals surface area contributed by atoms with Gasteiger partial charge in [0.15, 0.2) is 5.16 Å². The first-order valence-corrected chi connectivity index (χ1v) is 9.50. The molecule has 0 spiro atoms. The molecule has 1 saturated heterocycles. The summed E-state index contributed by atoms with van der Waals surface area (Å²) in [6, 6.07) is 10.6. The third-order valence-electron chi connectivity index (χ3n) is 4.09. The first-order valence-electron chi connectivity index (χ1n) is 8.62. The molecule has 1 fully saturated rings. The number of rotatable bonds is 6. The van der Waals surface area contributed by atoms with E-state index in [9.17, 15) is 0 Å². The highest BCUT2D eigenvalue weighted by atomic mass is 32.2. The maximum Gasteiger partial charge on any atom is 0.228 e. The Morgan fingerprint density at radius 2 is 1.79 bits per heavy atom. The monoisotopic (exact) mass is 346 g/mol. The van der Waals surface area contributed by atoms with Gasteiger partial charge in [-0.1, -0.05) is 55.9 Å². The first kappa shape index (κ1) is 17.3. The zero-order chi connectivity index (χ0) is 16.9. The summed E-state index contributed by atoms with van der Waals surface area (Å²) in [6.07, 6.45) is 0. The van der Waals surface area contributed by atoms with Crippen molar-refractivity contribution in [3.05, 3.63) is 35.9 Å². The molecule has 1 aromatic heterocycles. The molecule has 1 aliphatic rings. The SMILES string of the molecule is CC(C)Cn1c(SC(C)c2ccccc2)nnc1N1CCOCC1. The Labute approximate surface area is 148 Å². The van der Waals surface area contributed by atoms with E-state index in [0.29, 0.717) is 11.2 Å². The number of hydrogen-bond donors (Lipinski definition) is 0. The molecule has 6 heteroatoms. The molecular weight excluding hydrogens is 320 g/mol. The van der Waals surface area contributed by atoms with Gasteiger partial charge in [0.1, 0.15) is 0 Å². The highest BCUT2D eigenvalue weighted by Gasteiger charge is 2.22. The molecule has 3 rings (SSSR count). The van der Waals surface area contributed by atoms with Crippen LogP contribution in [-0.4, -0.2) is 41.1 Å². The summed E-state index contributed by atoms with van der Waals surface area (Å²) in [4.78, 5) is 2.29. The van der Waals surface area contributed by atoms with Crippen LogP contribution in [0.15, 0.2) is 35.5 Å². The Kier molecular flexibility index (Phi) is 5.79. The van der Waals surface area contributed by atoms with Gasteiger partial charge in [-0.05, 0) is 18.4 Å². The molecule has 0 N–H and O–H groups in total. The van der Waals surface area contributed by atoms with Crippen LogP contribution in [0.5, 0.6) is 0 Å². The van der Waals surface area contributed by atoms with Crippen LogP contribution in [0.1, 0.15) is 31.6 Å². The van der Waals surface area contributed by atoms with Crippen LogP contribution in [0.3, 0.4) is 0 Å². The smallest absolute Gasteiger partial charge is 0.228 e. The summed E-state index contributed by atoms with van der Waals surface area (Å²) in [5.74, 6) is 1.53. The summed E-state index contributed by atoms with van der Waals surface area (Å²) in [5, 5.41) is 10.4. The molecule has 130 valence electrons. The number of hydrogen-bond acceptors (Lipinski definition) is 5. The van der Waals surface area contributed by atoms with Crippen molar-refractivity contribution in [1.29, 1.82) is 0 Å². The van der Waals surface area contributed by atoms with Crippen molar-refractivity contribution in [2.75, 3.05) is 31.2 Å². The minimum absolute atomic E-state index is 0.346. The highest BCUT2D eigenvalue weighted by molar-refractivity contribution is 7.99. The summed E-state index contributed by atoms with van der Waals surface area (Å²) >= 11 is 1.78. The van der Waals surface area contributed by atoms with Crippen LogP contribution in [0.4, 0.5) is 5.95 Å². The minimum atomic E-state index is 0.346. The van der Waals surface area contributed by atoms with Gasteiger partial charge < -0.3 is 9.64 Å². The highest BCUT2D eigenvalue weighted by Crippen LogP contribution is 2.35. The van der Waals surface area contributed by atoms with Crippen molar-refractivity contribution < 1.29 is 4.74 Å². The van der Waals surface area contributed by atoms with E-state index in [1.54, 1.807) is 11.8 Å². The molecule has 1 unspecified atom stereocenters. The van der Waals surface area contributed by atoms with Gasteiger partial charge in [0.05, 0.1) is 13.2 Å². The number of thioether (sulfide) groups is 1. The largest absolute Gasteiger partial charge is 0.378 e. The fraction of sp³-hybridized carbons (Fsp3) is 0.556. The van der Waals surface area contributed by atoms with Crippen molar-refractivity contribution in [1.82, 2.24) is 14.8 Å². The molecule has 1 aromatic carbocycles. The van der Waals surface area contributed by atoms with Crippen LogP contribution in [0.25, 0.3) is 0 Å². The third kappa shape index (κ3) is 4.11. The Morgan fingerprint density at radius 1 is 1.08 bits per heavy atom. The lowest BCUT2D eigenvalue weighted by molar-refractivity contribution is 0.121. The van der Waals surface area contributed by atoms with Gasteiger partial charge in [0, 0.05) is 24.9 Å². The number of ether oxygens (including phenoxy) is 1. The summed E-state index contributed by atoms with van der Waals surface area (Å²) in [5.41, 5.74) is 1.31. The zero-order valence-corrected chi connectivity index (χ0v) is 15.5. The molecule has 2 heterocycles. The standard InChI is InChI=1S/C18H26N4OS/c1-14(2)13-22-17(21-9-11-23-12-10-21)19-20-18(22)24-15(3)16-7-5-4-6-8-16/h4-8,14-15H,9-13H2,1-3H3. The van der Waals surface area contributed by atoms with Gasteiger partial charge in [-0.2, -0.15) is 0 Å². The van der Waals surface area contributed by atoms with E-state index in [0.717, 1.165) is 44.0 Å². The maximum absolute atomic E-state index is 5.47. The molecule has 1 atom stereocenters. The Balaban J connectivity index is 1.82. The first-order chi connectivity index (χ1) is 11.6. The topological polar surface area (TPSA) is 43.2 Å². The summed E-state index contributed by atoms with van der Waals surface area (Å²) in [6.45, 7) is 10.9. The second kappa shape index (κ2) is 8.03. The van der Waals surface area contributed by atoms with Crippen LogP contribution in [-0.2, 0) is 11.3 Å². The molecular formula is C18H26N4OS. The average Bonchev–Trinajstić information content (AvgIpc) is 2.98. The Morgan fingerprint density at radius 3 is 2.46 bits per heavy atom. The van der Waals surface area contributed by atoms with E-state index in [4.69, 9.17) is 4.74 Å². The third-order valence-corrected chi connectivity index (χ3v) is 5.23. The quantitative estimate of drug-likeness (QED) is 0.747. The van der Waals surface area contributed by atoms with Gasteiger partial charge in [-0.25, -0.2) is 0 Å². The molecule has 5 nitrogen and oxygen atoms in total. The summed E-state index contributed by atoms with van der Waals surface area (Å²) < 4.78 is 7.74. The molecule has 2 aromatic rings. The summed E-state index contributed by atoms with van der Waals surface area (Å²) in [7, 11) is 0. The average molecular weight is 347 g/mol. The lowest BCUT2D eigenvalue weighted by atomic mass is 10.2. The van der Waals surface area contributed by atoms with Crippen molar-refractivity contribution in [3.8, 4) is 0 Å².